The average molecular weight is 460 g/mol. The maximum atomic E-state index is 12.8. The third kappa shape index (κ3) is 11.0. The van der Waals surface area contributed by atoms with Gasteiger partial charge in [0, 0.05) is 6.42 Å². The molecule has 0 heterocycles. The number of hydrogen-bond donors (Lipinski definition) is 7. The summed E-state index contributed by atoms with van der Waals surface area (Å²) in [5.41, 5.74) is 10.9. The van der Waals surface area contributed by atoms with Crippen LogP contribution in [0.5, 0.6) is 0 Å². The molecule has 5 unspecified atom stereocenters. The van der Waals surface area contributed by atoms with E-state index in [1.807, 2.05) is 0 Å². The molecule has 0 saturated carbocycles. The Morgan fingerprint density at radius 1 is 0.844 bits per heavy atom. The van der Waals surface area contributed by atoms with E-state index in [4.69, 9.17) is 16.6 Å². The second kappa shape index (κ2) is 15.1. The molecule has 5 atom stereocenters. The lowest BCUT2D eigenvalue weighted by atomic mass is 9.96. The van der Waals surface area contributed by atoms with E-state index >= 15 is 0 Å². The highest BCUT2D eigenvalue weighted by molar-refractivity contribution is 5.94. The van der Waals surface area contributed by atoms with E-state index in [1.54, 1.807) is 13.8 Å². The van der Waals surface area contributed by atoms with Crippen molar-refractivity contribution in [3.63, 3.8) is 0 Å². The lowest BCUT2D eigenvalue weighted by molar-refractivity contribution is -0.143. The smallest absolute Gasteiger partial charge is 0.326 e. The van der Waals surface area contributed by atoms with Gasteiger partial charge in [0.25, 0.3) is 0 Å². The first kappa shape index (κ1) is 29.3. The predicted molar refractivity (Wildman–Crippen MR) is 116 cm³/mol. The molecule has 0 aromatic rings. The Kier molecular flexibility index (Phi) is 13.8. The van der Waals surface area contributed by atoms with Gasteiger partial charge in [-0.3, -0.25) is 19.2 Å². The molecule has 3 amide bonds. The number of carboxylic acid groups (broad SMARTS) is 2. The molecule has 12 nitrogen and oxygen atoms in total. The molecule has 0 bridgehead atoms. The fourth-order valence-corrected chi connectivity index (χ4v) is 2.81. The zero-order valence-electron chi connectivity index (χ0n) is 18.9. The lowest BCUT2D eigenvalue weighted by Crippen LogP contribution is -2.58. The molecular weight excluding hydrogens is 422 g/mol. The summed E-state index contributed by atoms with van der Waals surface area (Å²) in [4.78, 5) is 60.0. The lowest BCUT2D eigenvalue weighted by Gasteiger charge is -2.28. The number of hydrogen-bond acceptors (Lipinski definition) is 7. The van der Waals surface area contributed by atoms with Gasteiger partial charge in [-0.1, -0.05) is 20.3 Å². The molecule has 0 aromatic carbocycles. The van der Waals surface area contributed by atoms with Gasteiger partial charge in [-0.15, -0.1) is 0 Å². The molecule has 0 aliphatic rings. The third-order valence-corrected chi connectivity index (χ3v) is 5.05. The van der Waals surface area contributed by atoms with E-state index in [9.17, 15) is 29.1 Å². The molecular formula is C20H37N5O7. The molecule has 9 N–H and O–H groups in total. The Morgan fingerprint density at radius 3 is 1.91 bits per heavy atom. The van der Waals surface area contributed by atoms with Gasteiger partial charge in [-0.25, -0.2) is 4.79 Å². The van der Waals surface area contributed by atoms with Crippen LogP contribution in [0, 0.1) is 5.92 Å². The van der Waals surface area contributed by atoms with E-state index in [0.717, 1.165) is 0 Å². The quantitative estimate of drug-likeness (QED) is 0.139. The molecule has 12 heteroatoms. The van der Waals surface area contributed by atoms with Gasteiger partial charge in [-0.05, 0) is 45.1 Å². The minimum Gasteiger partial charge on any atom is -0.481 e. The van der Waals surface area contributed by atoms with Crippen molar-refractivity contribution in [2.75, 3.05) is 6.54 Å². The number of nitrogens with one attached hydrogen (secondary N) is 3. The van der Waals surface area contributed by atoms with E-state index < -0.39 is 53.8 Å². The highest BCUT2D eigenvalue weighted by atomic mass is 16.4. The Balaban J connectivity index is 5.46. The van der Waals surface area contributed by atoms with Crippen molar-refractivity contribution < 1.29 is 34.2 Å². The summed E-state index contributed by atoms with van der Waals surface area (Å²) < 4.78 is 0. The molecule has 184 valence electrons. The first-order valence-corrected chi connectivity index (χ1v) is 10.8. The van der Waals surface area contributed by atoms with Crippen LogP contribution in [0.25, 0.3) is 0 Å². The maximum Gasteiger partial charge on any atom is 0.326 e. The van der Waals surface area contributed by atoms with Crippen LogP contribution in [0.1, 0.15) is 59.3 Å². The zero-order valence-corrected chi connectivity index (χ0v) is 18.9. The highest BCUT2D eigenvalue weighted by Crippen LogP contribution is 2.11. The Bertz CT molecular complexity index is 656. The van der Waals surface area contributed by atoms with Gasteiger partial charge in [0.1, 0.15) is 18.1 Å². The SMILES string of the molecule is CCC(C)C(NC(=O)C(CCC(=O)O)NC(=O)C(C)N)C(=O)NC(CCCCN)C(=O)O. The van der Waals surface area contributed by atoms with E-state index in [0.29, 0.717) is 25.8 Å². The second-order valence-corrected chi connectivity index (χ2v) is 7.84. The van der Waals surface area contributed by atoms with Crippen molar-refractivity contribution in [2.24, 2.45) is 17.4 Å². The van der Waals surface area contributed by atoms with Crippen LogP contribution < -0.4 is 27.4 Å². The van der Waals surface area contributed by atoms with Crippen molar-refractivity contribution in [3.8, 4) is 0 Å². The van der Waals surface area contributed by atoms with Crippen LogP contribution in [0.2, 0.25) is 0 Å². The monoisotopic (exact) mass is 459 g/mol. The van der Waals surface area contributed by atoms with Crippen molar-refractivity contribution in [3.05, 3.63) is 0 Å². The van der Waals surface area contributed by atoms with Crippen molar-refractivity contribution in [1.29, 1.82) is 0 Å². The average Bonchev–Trinajstić information content (AvgIpc) is 2.72. The Hall–Kier alpha value is -2.73. The van der Waals surface area contributed by atoms with Gasteiger partial charge in [0.15, 0.2) is 0 Å². The van der Waals surface area contributed by atoms with Crippen molar-refractivity contribution in [2.45, 2.75) is 83.5 Å². The number of carboxylic acids is 2. The van der Waals surface area contributed by atoms with Crippen LogP contribution in [0.3, 0.4) is 0 Å². The van der Waals surface area contributed by atoms with Gasteiger partial charge < -0.3 is 37.6 Å². The summed E-state index contributed by atoms with van der Waals surface area (Å²) >= 11 is 0. The molecule has 0 spiro atoms. The summed E-state index contributed by atoms with van der Waals surface area (Å²) in [6.07, 6.45) is 1.20. The van der Waals surface area contributed by atoms with Crippen molar-refractivity contribution in [1.82, 2.24) is 16.0 Å². The standard InChI is InChI=1S/C20H37N5O7/c1-4-11(2)16(19(30)24-14(20(31)32)7-5-6-10-21)25-18(29)13(8-9-15(26)27)23-17(28)12(3)22/h11-14,16H,4-10,21-22H2,1-3H3,(H,23,28)(H,24,30)(H,25,29)(H,26,27)(H,31,32). The molecule has 0 saturated heterocycles. The summed E-state index contributed by atoms with van der Waals surface area (Å²) in [6, 6.07) is -4.36. The highest BCUT2D eigenvalue weighted by Gasteiger charge is 2.32. The third-order valence-electron chi connectivity index (χ3n) is 5.05. The molecule has 0 rings (SSSR count). The topological polar surface area (TPSA) is 214 Å². The first-order chi connectivity index (χ1) is 14.9. The second-order valence-electron chi connectivity index (χ2n) is 7.84. The number of carbonyl (C=O) groups excluding carboxylic acids is 3. The Morgan fingerprint density at radius 2 is 1.44 bits per heavy atom. The first-order valence-electron chi connectivity index (χ1n) is 10.8. The molecule has 0 aromatic heterocycles. The summed E-state index contributed by atoms with van der Waals surface area (Å²) in [6.45, 7) is 5.32. The fourth-order valence-electron chi connectivity index (χ4n) is 2.81. The van der Waals surface area contributed by atoms with Crippen LogP contribution in [-0.2, 0) is 24.0 Å². The number of nitrogens with two attached hydrogens (primary N) is 2. The summed E-state index contributed by atoms with van der Waals surface area (Å²) in [5.74, 6) is -4.80. The van der Waals surface area contributed by atoms with Gasteiger partial charge in [-0.2, -0.15) is 0 Å². The van der Waals surface area contributed by atoms with Gasteiger partial charge in [0.2, 0.25) is 17.7 Å². The fraction of sp³-hybridized carbons (Fsp3) is 0.750. The minimum atomic E-state index is -1.22. The van der Waals surface area contributed by atoms with E-state index in [1.165, 1.54) is 6.92 Å². The summed E-state index contributed by atoms with van der Waals surface area (Å²) in [5, 5.41) is 25.7. The van der Waals surface area contributed by atoms with Crippen LogP contribution in [-0.4, -0.2) is 70.6 Å². The van der Waals surface area contributed by atoms with E-state index in [2.05, 4.69) is 16.0 Å². The van der Waals surface area contributed by atoms with Crippen LogP contribution in [0.4, 0.5) is 0 Å². The minimum absolute atomic E-state index is 0.186. The largest absolute Gasteiger partial charge is 0.481 e. The predicted octanol–water partition coefficient (Wildman–Crippen LogP) is -1.09. The van der Waals surface area contributed by atoms with Crippen LogP contribution in [0.15, 0.2) is 0 Å². The summed E-state index contributed by atoms with van der Waals surface area (Å²) in [7, 11) is 0. The molecule has 0 radical (unpaired) electrons. The van der Waals surface area contributed by atoms with Gasteiger partial charge in [0.05, 0.1) is 6.04 Å². The molecule has 0 aliphatic heterocycles. The molecule has 0 aliphatic carbocycles. The van der Waals surface area contributed by atoms with Crippen LogP contribution >= 0.6 is 0 Å². The molecule has 0 fully saturated rings. The number of aliphatic carboxylic acids is 2. The maximum absolute atomic E-state index is 12.8. The normalized spacial score (nSPS) is 15.5. The zero-order chi connectivity index (χ0) is 24.8. The van der Waals surface area contributed by atoms with E-state index in [-0.39, 0.29) is 25.2 Å². The number of unbranched alkanes of at least 4 members (excludes halogenated alkanes) is 1. The van der Waals surface area contributed by atoms with Crippen molar-refractivity contribution >= 4 is 29.7 Å². The number of carbonyl (C=O) groups is 5. The number of amides is 3. The molecule has 32 heavy (non-hydrogen) atoms. The van der Waals surface area contributed by atoms with Gasteiger partial charge >= 0.3 is 11.9 Å². The number of rotatable bonds is 16. The Labute approximate surface area is 187 Å².